The molecular formula is C14H18. The van der Waals surface area contributed by atoms with E-state index < -0.39 is 0 Å². The van der Waals surface area contributed by atoms with Crippen LogP contribution in [0.5, 0.6) is 0 Å². The van der Waals surface area contributed by atoms with Crippen LogP contribution in [0.25, 0.3) is 0 Å². The van der Waals surface area contributed by atoms with Gasteiger partial charge in [-0.2, -0.15) is 0 Å². The van der Waals surface area contributed by atoms with Crippen LogP contribution >= 0.6 is 0 Å². The lowest BCUT2D eigenvalue weighted by Gasteiger charge is -2.19. The summed E-state index contributed by atoms with van der Waals surface area (Å²) in [5, 5.41) is 0. The van der Waals surface area contributed by atoms with E-state index in [-0.39, 0.29) is 0 Å². The van der Waals surface area contributed by atoms with E-state index in [1.54, 1.807) is 5.56 Å². The summed E-state index contributed by atoms with van der Waals surface area (Å²) in [6, 6.07) is 11.2. The Morgan fingerprint density at radius 1 is 0.857 bits per heavy atom. The lowest BCUT2D eigenvalue weighted by molar-refractivity contribution is 0.427. The van der Waals surface area contributed by atoms with Crippen LogP contribution in [0.3, 0.4) is 0 Å². The molecule has 0 bridgehead atoms. The average Bonchev–Trinajstić information content (AvgIpc) is 2.98. The zero-order valence-electron chi connectivity index (χ0n) is 8.65. The second-order valence-corrected chi connectivity index (χ2v) is 4.95. The molecular weight excluding hydrogens is 168 g/mol. The fourth-order valence-corrected chi connectivity index (χ4v) is 3.19. The van der Waals surface area contributed by atoms with Gasteiger partial charge in [0.15, 0.2) is 0 Å². The van der Waals surface area contributed by atoms with Crippen LogP contribution in [0.4, 0.5) is 0 Å². The molecule has 74 valence electrons. The molecule has 0 radical (unpaired) electrons. The van der Waals surface area contributed by atoms with Gasteiger partial charge in [0.1, 0.15) is 0 Å². The van der Waals surface area contributed by atoms with Crippen molar-refractivity contribution in [2.45, 2.75) is 38.0 Å². The van der Waals surface area contributed by atoms with Crippen molar-refractivity contribution in [3.8, 4) is 0 Å². The van der Waals surface area contributed by atoms with Gasteiger partial charge < -0.3 is 0 Å². The van der Waals surface area contributed by atoms with Crippen molar-refractivity contribution in [3.05, 3.63) is 35.9 Å². The number of hydrogen-bond acceptors (Lipinski definition) is 0. The van der Waals surface area contributed by atoms with Crippen LogP contribution in [-0.2, 0) is 0 Å². The number of hydrogen-bond donors (Lipinski definition) is 0. The van der Waals surface area contributed by atoms with Gasteiger partial charge >= 0.3 is 0 Å². The number of rotatable bonds is 2. The van der Waals surface area contributed by atoms with Gasteiger partial charge in [0, 0.05) is 0 Å². The Bertz CT molecular complexity index is 297. The fourth-order valence-electron chi connectivity index (χ4n) is 3.19. The van der Waals surface area contributed by atoms with E-state index in [2.05, 4.69) is 30.3 Å². The second kappa shape index (κ2) is 3.42. The van der Waals surface area contributed by atoms with Crippen LogP contribution in [-0.4, -0.2) is 0 Å². The quantitative estimate of drug-likeness (QED) is 0.655. The van der Waals surface area contributed by atoms with E-state index >= 15 is 0 Å². The summed E-state index contributed by atoms with van der Waals surface area (Å²) in [5.74, 6) is 3.00. The van der Waals surface area contributed by atoms with Gasteiger partial charge in [-0.15, -0.1) is 0 Å². The highest BCUT2D eigenvalue weighted by Crippen LogP contribution is 2.51. The summed E-state index contributed by atoms with van der Waals surface area (Å²) in [6.45, 7) is 0. The Kier molecular flexibility index (Phi) is 2.08. The zero-order valence-corrected chi connectivity index (χ0v) is 8.65. The molecule has 2 unspecified atom stereocenters. The zero-order chi connectivity index (χ0) is 9.38. The standard InChI is InChI=1S/C14H18/c1-2-5-11(6-3-1)13-7-4-8-14(13)12-9-10-12/h1-3,5-6,12-14H,4,7-10H2. The molecule has 0 spiro atoms. The van der Waals surface area contributed by atoms with E-state index in [9.17, 15) is 0 Å². The van der Waals surface area contributed by atoms with Crippen LogP contribution < -0.4 is 0 Å². The molecule has 0 N–H and O–H groups in total. The molecule has 2 aliphatic rings. The Morgan fingerprint density at radius 2 is 1.64 bits per heavy atom. The van der Waals surface area contributed by atoms with Crippen LogP contribution in [0.15, 0.2) is 30.3 Å². The molecule has 0 amide bonds. The summed E-state index contributed by atoms with van der Waals surface area (Å²) in [4.78, 5) is 0. The van der Waals surface area contributed by atoms with Crippen LogP contribution in [0.2, 0.25) is 0 Å². The predicted molar refractivity (Wildman–Crippen MR) is 59.2 cm³/mol. The fraction of sp³-hybridized carbons (Fsp3) is 0.571. The average molecular weight is 186 g/mol. The van der Waals surface area contributed by atoms with Crippen LogP contribution in [0, 0.1) is 11.8 Å². The first-order valence-electron chi connectivity index (χ1n) is 6.00. The molecule has 3 rings (SSSR count). The minimum absolute atomic E-state index is 0.892. The molecule has 0 heteroatoms. The highest BCUT2D eigenvalue weighted by molar-refractivity contribution is 5.22. The maximum absolute atomic E-state index is 2.32. The minimum atomic E-state index is 0.892. The predicted octanol–water partition coefficient (Wildman–Crippen LogP) is 3.98. The highest BCUT2D eigenvalue weighted by Gasteiger charge is 2.39. The lowest BCUT2D eigenvalue weighted by atomic mass is 9.86. The van der Waals surface area contributed by atoms with Crippen molar-refractivity contribution in [1.29, 1.82) is 0 Å². The summed E-state index contributed by atoms with van der Waals surface area (Å²) in [6.07, 6.45) is 7.40. The third kappa shape index (κ3) is 1.47. The summed E-state index contributed by atoms with van der Waals surface area (Å²) in [7, 11) is 0. The van der Waals surface area contributed by atoms with E-state index in [1.165, 1.54) is 32.1 Å². The molecule has 2 aliphatic carbocycles. The van der Waals surface area contributed by atoms with Gasteiger partial charge in [-0.1, -0.05) is 36.8 Å². The molecule has 2 fully saturated rings. The van der Waals surface area contributed by atoms with Crippen molar-refractivity contribution >= 4 is 0 Å². The first kappa shape index (κ1) is 8.52. The summed E-state index contributed by atoms with van der Waals surface area (Å²) >= 11 is 0. The van der Waals surface area contributed by atoms with Gasteiger partial charge in [0.2, 0.25) is 0 Å². The van der Waals surface area contributed by atoms with Crippen molar-refractivity contribution in [2.75, 3.05) is 0 Å². The smallest absolute Gasteiger partial charge is 0.0131 e. The van der Waals surface area contributed by atoms with E-state index in [0.717, 1.165) is 17.8 Å². The molecule has 2 atom stereocenters. The Labute approximate surface area is 86.3 Å². The van der Waals surface area contributed by atoms with Gasteiger partial charge in [0.05, 0.1) is 0 Å². The topological polar surface area (TPSA) is 0 Å². The highest BCUT2D eigenvalue weighted by atomic mass is 14.4. The largest absolute Gasteiger partial charge is 0.0622 e. The Balaban J connectivity index is 1.83. The third-order valence-electron chi connectivity index (χ3n) is 4.02. The summed E-state index contributed by atoms with van der Waals surface area (Å²) in [5.41, 5.74) is 1.60. The molecule has 2 saturated carbocycles. The number of benzene rings is 1. The van der Waals surface area contributed by atoms with Crippen molar-refractivity contribution < 1.29 is 0 Å². The van der Waals surface area contributed by atoms with Gasteiger partial charge in [-0.05, 0) is 49.0 Å². The normalized spacial score (nSPS) is 32.0. The Hall–Kier alpha value is -0.780. The molecule has 0 nitrogen and oxygen atoms in total. The van der Waals surface area contributed by atoms with E-state index in [1.807, 2.05) is 0 Å². The minimum Gasteiger partial charge on any atom is -0.0622 e. The molecule has 14 heavy (non-hydrogen) atoms. The SMILES string of the molecule is c1ccc(C2CCCC2C2CC2)cc1. The maximum atomic E-state index is 2.32. The third-order valence-corrected chi connectivity index (χ3v) is 4.02. The lowest BCUT2D eigenvalue weighted by Crippen LogP contribution is -2.07. The van der Waals surface area contributed by atoms with E-state index in [4.69, 9.17) is 0 Å². The van der Waals surface area contributed by atoms with Crippen LogP contribution in [0.1, 0.15) is 43.6 Å². The monoisotopic (exact) mass is 186 g/mol. The Morgan fingerprint density at radius 3 is 2.36 bits per heavy atom. The molecule has 0 aliphatic heterocycles. The summed E-state index contributed by atoms with van der Waals surface area (Å²) < 4.78 is 0. The van der Waals surface area contributed by atoms with Crippen molar-refractivity contribution in [1.82, 2.24) is 0 Å². The molecule has 0 saturated heterocycles. The molecule has 1 aromatic carbocycles. The first-order valence-corrected chi connectivity index (χ1v) is 6.00. The molecule has 1 aromatic rings. The van der Waals surface area contributed by atoms with Gasteiger partial charge in [-0.25, -0.2) is 0 Å². The van der Waals surface area contributed by atoms with Crippen molar-refractivity contribution in [3.63, 3.8) is 0 Å². The second-order valence-electron chi connectivity index (χ2n) is 4.95. The molecule has 0 heterocycles. The van der Waals surface area contributed by atoms with Crippen molar-refractivity contribution in [2.24, 2.45) is 11.8 Å². The van der Waals surface area contributed by atoms with E-state index in [0.29, 0.717) is 0 Å². The molecule has 0 aromatic heterocycles. The maximum Gasteiger partial charge on any atom is -0.0131 e. The first-order chi connectivity index (χ1) is 6.95. The van der Waals surface area contributed by atoms with Gasteiger partial charge in [0.25, 0.3) is 0 Å². The van der Waals surface area contributed by atoms with Gasteiger partial charge in [-0.3, -0.25) is 0 Å².